The molecule has 2 aromatic carbocycles. The second-order valence-electron chi connectivity index (χ2n) is 6.41. The molecular weight excluding hydrogens is 375 g/mol. The van der Waals surface area contributed by atoms with E-state index >= 15 is 0 Å². The van der Waals surface area contributed by atoms with Crippen molar-refractivity contribution < 1.29 is 9.18 Å². The van der Waals surface area contributed by atoms with Crippen LogP contribution < -0.4 is 0 Å². The molecule has 0 N–H and O–H groups in total. The van der Waals surface area contributed by atoms with E-state index in [2.05, 4.69) is 4.99 Å². The van der Waals surface area contributed by atoms with Gasteiger partial charge in [-0.3, -0.25) is 9.79 Å². The minimum Gasteiger partial charge on any atom is -0.313 e. The Labute approximate surface area is 166 Å². The number of carbonyl (C=O) groups excluding carboxylic acids is 1. The van der Waals surface area contributed by atoms with Crippen molar-refractivity contribution in [2.75, 3.05) is 0 Å². The van der Waals surface area contributed by atoms with E-state index in [0.717, 1.165) is 22.3 Å². The van der Waals surface area contributed by atoms with Gasteiger partial charge in [-0.15, -0.1) is 0 Å². The highest BCUT2D eigenvalue weighted by atomic mass is 35.5. The van der Waals surface area contributed by atoms with Crippen LogP contribution in [0.2, 0.25) is 5.02 Å². The zero-order valence-electron chi connectivity index (χ0n) is 15.1. The maximum absolute atomic E-state index is 13.2. The first kappa shape index (κ1) is 18.1. The van der Waals surface area contributed by atoms with E-state index in [0.29, 0.717) is 16.3 Å². The summed E-state index contributed by atoms with van der Waals surface area (Å²) < 4.78 is 15.1. The molecule has 28 heavy (non-hydrogen) atoms. The number of benzene rings is 2. The van der Waals surface area contributed by atoms with Crippen molar-refractivity contribution in [1.29, 1.82) is 0 Å². The summed E-state index contributed by atoms with van der Waals surface area (Å²) in [6, 6.07) is 18.5. The number of hydrogen-bond acceptors (Lipinski definition) is 2. The Bertz CT molecular complexity index is 1190. The largest absolute Gasteiger partial charge is 0.313 e. The smallest absolute Gasteiger partial charge is 0.210 e. The van der Waals surface area contributed by atoms with Crippen LogP contribution in [-0.4, -0.2) is 16.4 Å². The number of pyridine rings is 1. The Morgan fingerprint density at radius 1 is 1.04 bits per heavy atom. The molecule has 5 heteroatoms. The number of nitrogens with zero attached hydrogens (tertiary/aromatic N) is 2. The van der Waals surface area contributed by atoms with Gasteiger partial charge >= 0.3 is 0 Å². The summed E-state index contributed by atoms with van der Waals surface area (Å²) >= 11 is 5.92. The van der Waals surface area contributed by atoms with Crippen LogP contribution in [-0.2, 0) is 0 Å². The molecule has 4 aromatic rings. The molecule has 0 bridgehead atoms. The van der Waals surface area contributed by atoms with Gasteiger partial charge in [-0.2, -0.15) is 0 Å². The first-order chi connectivity index (χ1) is 13.5. The molecule has 2 aromatic heterocycles. The molecule has 3 nitrogen and oxygen atoms in total. The van der Waals surface area contributed by atoms with Crippen molar-refractivity contribution >= 4 is 34.8 Å². The van der Waals surface area contributed by atoms with Crippen molar-refractivity contribution in [2.24, 2.45) is 4.99 Å². The fourth-order valence-corrected chi connectivity index (χ4v) is 3.33. The minimum atomic E-state index is -0.371. The van der Waals surface area contributed by atoms with Crippen LogP contribution >= 0.6 is 11.6 Å². The van der Waals surface area contributed by atoms with Gasteiger partial charge in [0.2, 0.25) is 5.78 Å². The molecule has 138 valence electrons. The molecule has 2 heterocycles. The highest BCUT2D eigenvalue weighted by molar-refractivity contribution is 6.30. The molecule has 0 fully saturated rings. The lowest BCUT2D eigenvalue weighted by atomic mass is 10.0. The lowest BCUT2D eigenvalue weighted by Crippen LogP contribution is -2.07. The third-order valence-corrected chi connectivity index (χ3v) is 4.88. The van der Waals surface area contributed by atoms with Gasteiger partial charge in [0, 0.05) is 28.6 Å². The quantitative estimate of drug-likeness (QED) is 0.310. The number of carbonyl (C=O) groups is 1. The van der Waals surface area contributed by atoms with E-state index < -0.39 is 0 Å². The van der Waals surface area contributed by atoms with Crippen molar-refractivity contribution in [1.82, 2.24) is 4.40 Å². The van der Waals surface area contributed by atoms with E-state index in [9.17, 15) is 9.18 Å². The standard InChI is InChI=1S/C23H16ClFN2O/c1-15-20(14-26-19-11-7-17(24)8-12-19)21-4-2-3-13-27(21)22(15)23(28)16-5-9-18(25)10-6-16/h2-14H,1H3. The first-order valence-electron chi connectivity index (χ1n) is 8.74. The Kier molecular flexibility index (Phi) is 4.80. The van der Waals surface area contributed by atoms with Crippen LogP contribution in [0.3, 0.4) is 0 Å². The van der Waals surface area contributed by atoms with Crippen LogP contribution in [0.5, 0.6) is 0 Å². The molecule has 4 rings (SSSR count). The maximum atomic E-state index is 13.2. The second kappa shape index (κ2) is 7.41. The molecule has 0 saturated carbocycles. The third-order valence-electron chi connectivity index (χ3n) is 4.63. The molecule has 0 saturated heterocycles. The summed E-state index contributed by atoms with van der Waals surface area (Å²) in [6.07, 6.45) is 3.61. The molecule has 0 spiro atoms. The Morgan fingerprint density at radius 2 is 1.75 bits per heavy atom. The highest BCUT2D eigenvalue weighted by Crippen LogP contribution is 2.25. The predicted octanol–water partition coefficient (Wildman–Crippen LogP) is 6.02. The third kappa shape index (κ3) is 3.35. The number of fused-ring (bicyclic) bond motifs is 1. The second-order valence-corrected chi connectivity index (χ2v) is 6.85. The zero-order valence-corrected chi connectivity index (χ0v) is 15.8. The van der Waals surface area contributed by atoms with E-state index in [-0.39, 0.29) is 11.6 Å². The average Bonchev–Trinajstić information content (AvgIpc) is 2.99. The Balaban J connectivity index is 1.82. The number of halogens is 2. The lowest BCUT2D eigenvalue weighted by molar-refractivity contribution is 0.103. The summed E-state index contributed by atoms with van der Waals surface area (Å²) in [5.74, 6) is -0.533. The van der Waals surface area contributed by atoms with Crippen LogP contribution in [0, 0.1) is 12.7 Å². The lowest BCUT2D eigenvalue weighted by Gasteiger charge is -2.04. The highest BCUT2D eigenvalue weighted by Gasteiger charge is 2.20. The molecule has 0 radical (unpaired) electrons. The predicted molar refractivity (Wildman–Crippen MR) is 111 cm³/mol. The van der Waals surface area contributed by atoms with Crippen LogP contribution in [0.4, 0.5) is 10.1 Å². The number of rotatable bonds is 4. The normalized spacial score (nSPS) is 11.4. The van der Waals surface area contributed by atoms with Gasteiger partial charge in [0.1, 0.15) is 5.82 Å². The monoisotopic (exact) mass is 390 g/mol. The van der Waals surface area contributed by atoms with Gasteiger partial charge in [-0.25, -0.2) is 4.39 Å². The van der Waals surface area contributed by atoms with E-state index in [1.54, 1.807) is 18.3 Å². The van der Waals surface area contributed by atoms with Crippen molar-refractivity contribution in [2.45, 2.75) is 6.92 Å². The minimum absolute atomic E-state index is 0.162. The molecular formula is C23H16ClFN2O. The Hall–Kier alpha value is -3.24. The number of aliphatic imine (C=N–C) groups is 1. The van der Waals surface area contributed by atoms with Crippen molar-refractivity contribution in [3.8, 4) is 0 Å². The Morgan fingerprint density at radius 3 is 2.46 bits per heavy atom. The van der Waals surface area contributed by atoms with Crippen molar-refractivity contribution in [3.63, 3.8) is 0 Å². The fourth-order valence-electron chi connectivity index (χ4n) is 3.20. The summed E-state index contributed by atoms with van der Waals surface area (Å²) in [5, 5.41) is 0.650. The molecule has 0 aliphatic carbocycles. The summed E-state index contributed by atoms with van der Waals surface area (Å²) in [7, 11) is 0. The molecule has 0 aliphatic heterocycles. The summed E-state index contributed by atoms with van der Waals surface area (Å²) in [5.41, 5.74) is 4.31. The topological polar surface area (TPSA) is 33.8 Å². The van der Waals surface area contributed by atoms with Crippen molar-refractivity contribution in [3.05, 3.63) is 106 Å². The van der Waals surface area contributed by atoms with Gasteiger partial charge < -0.3 is 4.40 Å². The van der Waals surface area contributed by atoms with Gasteiger partial charge in [0.05, 0.1) is 16.9 Å². The van der Waals surface area contributed by atoms with Crippen LogP contribution in [0.15, 0.2) is 77.9 Å². The number of aromatic nitrogens is 1. The average molecular weight is 391 g/mol. The summed E-state index contributed by atoms with van der Waals surface area (Å²) in [4.78, 5) is 17.6. The van der Waals surface area contributed by atoms with Gasteiger partial charge in [0.25, 0.3) is 0 Å². The van der Waals surface area contributed by atoms with Gasteiger partial charge in [0.15, 0.2) is 0 Å². The summed E-state index contributed by atoms with van der Waals surface area (Å²) in [6.45, 7) is 1.90. The first-order valence-corrected chi connectivity index (χ1v) is 9.12. The number of hydrogen-bond donors (Lipinski definition) is 0. The fraction of sp³-hybridized carbons (Fsp3) is 0.0435. The maximum Gasteiger partial charge on any atom is 0.210 e. The number of ketones is 1. The SMILES string of the molecule is Cc1c(C=Nc2ccc(Cl)cc2)c2ccccn2c1C(=O)c1ccc(F)cc1. The zero-order chi connectivity index (χ0) is 19.7. The van der Waals surface area contributed by atoms with E-state index in [1.165, 1.54) is 24.3 Å². The molecule has 0 unspecified atom stereocenters. The molecule has 0 amide bonds. The molecule has 0 aliphatic rings. The van der Waals surface area contributed by atoms with Gasteiger partial charge in [-0.1, -0.05) is 17.7 Å². The van der Waals surface area contributed by atoms with Gasteiger partial charge in [-0.05, 0) is 73.2 Å². The molecule has 0 atom stereocenters. The van der Waals surface area contributed by atoms with E-state index in [4.69, 9.17) is 11.6 Å². The van der Waals surface area contributed by atoms with Crippen LogP contribution in [0.1, 0.15) is 27.2 Å². The van der Waals surface area contributed by atoms with E-state index in [1.807, 2.05) is 47.9 Å². The van der Waals surface area contributed by atoms with Crippen LogP contribution in [0.25, 0.3) is 5.52 Å².